The summed E-state index contributed by atoms with van der Waals surface area (Å²) in [4.78, 5) is 14.6. The highest BCUT2D eigenvalue weighted by molar-refractivity contribution is 5.56. The molecule has 112 valence electrons. The van der Waals surface area contributed by atoms with Gasteiger partial charge in [0, 0.05) is 23.7 Å². The van der Waals surface area contributed by atoms with E-state index in [0.29, 0.717) is 17.3 Å². The lowest BCUT2D eigenvalue weighted by molar-refractivity contribution is -0.384. The van der Waals surface area contributed by atoms with Crippen molar-refractivity contribution in [1.82, 2.24) is 15.5 Å². The fraction of sp³-hybridized carbons (Fsp3) is 0.429. The molecule has 2 atom stereocenters. The van der Waals surface area contributed by atoms with Crippen LogP contribution in [-0.4, -0.2) is 28.2 Å². The van der Waals surface area contributed by atoms with Gasteiger partial charge in [-0.05, 0) is 25.6 Å². The maximum Gasteiger partial charge on any atom is 0.269 e. The molecule has 2 unspecified atom stereocenters. The molecule has 0 spiro atoms. The Balaban J connectivity index is 2.21. The van der Waals surface area contributed by atoms with E-state index in [-0.39, 0.29) is 17.6 Å². The summed E-state index contributed by atoms with van der Waals surface area (Å²) in [5.74, 6) is 1.10. The van der Waals surface area contributed by atoms with Gasteiger partial charge in [-0.25, -0.2) is 0 Å². The molecule has 0 aliphatic carbocycles. The topological polar surface area (TPSA) is 94.1 Å². The Bertz CT molecular complexity index is 605. The summed E-state index contributed by atoms with van der Waals surface area (Å²) in [6.07, 6.45) is 0.951. The van der Waals surface area contributed by atoms with Crippen molar-refractivity contribution >= 4 is 5.69 Å². The number of rotatable bonds is 6. The van der Waals surface area contributed by atoms with Gasteiger partial charge < -0.3 is 9.84 Å². The van der Waals surface area contributed by atoms with E-state index in [1.54, 1.807) is 12.1 Å². The molecule has 0 fully saturated rings. The Morgan fingerprint density at radius 3 is 2.57 bits per heavy atom. The maximum absolute atomic E-state index is 10.6. The lowest BCUT2D eigenvalue weighted by Crippen LogP contribution is -2.30. The minimum absolute atomic E-state index is 0.0390. The summed E-state index contributed by atoms with van der Waals surface area (Å²) < 4.78 is 5.31. The zero-order valence-corrected chi connectivity index (χ0v) is 12.2. The summed E-state index contributed by atoms with van der Waals surface area (Å²) in [6.45, 7) is 4.11. The maximum atomic E-state index is 10.6. The Labute approximate surface area is 122 Å². The number of non-ortho nitro benzene ring substituents is 1. The van der Waals surface area contributed by atoms with Gasteiger partial charge in [-0.15, -0.1) is 0 Å². The summed E-state index contributed by atoms with van der Waals surface area (Å²) in [6, 6.07) is 6.35. The molecule has 0 amide bonds. The molecule has 1 aromatic carbocycles. The van der Waals surface area contributed by atoms with Crippen molar-refractivity contribution in [1.29, 1.82) is 0 Å². The Hall–Kier alpha value is -2.28. The summed E-state index contributed by atoms with van der Waals surface area (Å²) in [5, 5.41) is 17.8. The van der Waals surface area contributed by atoms with E-state index in [9.17, 15) is 10.1 Å². The monoisotopic (exact) mass is 290 g/mol. The second-order valence-corrected chi connectivity index (χ2v) is 4.85. The molecule has 2 aromatic rings. The minimum atomic E-state index is -0.438. The number of benzene rings is 1. The fourth-order valence-corrected chi connectivity index (χ4v) is 2.25. The van der Waals surface area contributed by atoms with Crippen LogP contribution in [0.15, 0.2) is 28.8 Å². The van der Waals surface area contributed by atoms with Gasteiger partial charge in [0.05, 0.1) is 10.8 Å². The third-order valence-electron chi connectivity index (χ3n) is 3.58. The second kappa shape index (κ2) is 6.45. The Kier molecular flexibility index (Phi) is 4.64. The first kappa shape index (κ1) is 15.1. The molecule has 0 aliphatic heterocycles. The van der Waals surface area contributed by atoms with E-state index in [0.717, 1.165) is 6.42 Å². The Morgan fingerprint density at radius 2 is 2.05 bits per heavy atom. The third-order valence-corrected chi connectivity index (χ3v) is 3.58. The van der Waals surface area contributed by atoms with Crippen molar-refractivity contribution in [2.45, 2.75) is 32.2 Å². The average Bonchev–Trinajstić information content (AvgIpc) is 2.98. The molecular formula is C14H18N4O3. The van der Waals surface area contributed by atoms with E-state index in [4.69, 9.17) is 4.52 Å². The zero-order valence-electron chi connectivity index (χ0n) is 12.2. The summed E-state index contributed by atoms with van der Waals surface area (Å²) in [5.41, 5.74) is 0.734. The molecular weight excluding hydrogens is 272 g/mol. The molecule has 1 heterocycles. The predicted octanol–water partition coefficient (Wildman–Crippen LogP) is 2.75. The summed E-state index contributed by atoms with van der Waals surface area (Å²) in [7, 11) is 1.90. The molecule has 7 heteroatoms. The van der Waals surface area contributed by atoms with Crippen LogP contribution in [0, 0.1) is 10.1 Å². The number of nitrogens with one attached hydrogen (secondary N) is 1. The molecule has 7 nitrogen and oxygen atoms in total. The van der Waals surface area contributed by atoms with Crippen LogP contribution in [0.25, 0.3) is 11.4 Å². The molecule has 0 saturated heterocycles. The van der Waals surface area contributed by atoms with Gasteiger partial charge in [0.15, 0.2) is 0 Å². The first-order valence-electron chi connectivity index (χ1n) is 6.82. The van der Waals surface area contributed by atoms with E-state index >= 15 is 0 Å². The van der Waals surface area contributed by atoms with Crippen LogP contribution in [0.2, 0.25) is 0 Å². The van der Waals surface area contributed by atoms with Crippen LogP contribution in [0.4, 0.5) is 5.69 Å². The van der Waals surface area contributed by atoms with Crippen LogP contribution < -0.4 is 5.32 Å². The lowest BCUT2D eigenvalue weighted by Gasteiger charge is -2.18. The number of nitrogens with zero attached hydrogens (tertiary/aromatic N) is 3. The van der Waals surface area contributed by atoms with Gasteiger partial charge in [0.2, 0.25) is 11.7 Å². The van der Waals surface area contributed by atoms with Gasteiger partial charge in [-0.3, -0.25) is 10.1 Å². The average molecular weight is 290 g/mol. The first-order chi connectivity index (χ1) is 10.1. The molecule has 0 bridgehead atoms. The number of nitro benzene ring substituents is 1. The SMILES string of the molecule is CCC(NC)C(C)c1nc(-c2ccc([N+](=O)[O-])cc2)no1. The van der Waals surface area contributed by atoms with Crippen LogP contribution in [-0.2, 0) is 0 Å². The number of likely N-dealkylation sites (N-methyl/N-ethyl adjacent to an activating group) is 1. The van der Waals surface area contributed by atoms with Gasteiger partial charge in [-0.2, -0.15) is 4.98 Å². The van der Waals surface area contributed by atoms with Crippen LogP contribution in [0.3, 0.4) is 0 Å². The standard InChI is InChI=1S/C14H18N4O3/c1-4-12(15-3)9(2)14-16-13(17-21-14)10-5-7-11(8-6-10)18(19)20/h5-9,12,15H,4H2,1-3H3. The van der Waals surface area contributed by atoms with Crippen LogP contribution in [0.1, 0.15) is 32.1 Å². The number of hydrogen-bond donors (Lipinski definition) is 1. The van der Waals surface area contributed by atoms with Crippen molar-refractivity contribution in [2.75, 3.05) is 7.05 Å². The normalized spacial score (nSPS) is 13.9. The van der Waals surface area contributed by atoms with Crippen LogP contribution in [0.5, 0.6) is 0 Å². The molecule has 0 saturated carbocycles. The highest BCUT2D eigenvalue weighted by Gasteiger charge is 2.22. The molecule has 21 heavy (non-hydrogen) atoms. The fourth-order valence-electron chi connectivity index (χ4n) is 2.25. The number of hydrogen-bond acceptors (Lipinski definition) is 6. The van der Waals surface area contributed by atoms with Gasteiger partial charge >= 0.3 is 0 Å². The van der Waals surface area contributed by atoms with Gasteiger partial charge in [-0.1, -0.05) is 19.0 Å². The van der Waals surface area contributed by atoms with Crippen molar-refractivity contribution in [3.63, 3.8) is 0 Å². The largest absolute Gasteiger partial charge is 0.339 e. The zero-order chi connectivity index (χ0) is 15.4. The predicted molar refractivity (Wildman–Crippen MR) is 77.9 cm³/mol. The number of aromatic nitrogens is 2. The third kappa shape index (κ3) is 3.25. The molecule has 0 radical (unpaired) electrons. The number of nitro groups is 1. The van der Waals surface area contributed by atoms with Gasteiger partial charge in [0.25, 0.3) is 5.69 Å². The highest BCUT2D eigenvalue weighted by atomic mass is 16.6. The van der Waals surface area contributed by atoms with Gasteiger partial charge in [0.1, 0.15) is 0 Å². The Morgan fingerprint density at radius 1 is 1.38 bits per heavy atom. The second-order valence-electron chi connectivity index (χ2n) is 4.85. The van der Waals surface area contributed by atoms with E-state index in [1.165, 1.54) is 12.1 Å². The van der Waals surface area contributed by atoms with Crippen molar-refractivity contribution < 1.29 is 9.45 Å². The molecule has 1 N–H and O–H groups in total. The minimum Gasteiger partial charge on any atom is -0.339 e. The molecule has 0 aliphatic rings. The van der Waals surface area contributed by atoms with Crippen molar-refractivity contribution in [3.8, 4) is 11.4 Å². The molecule has 1 aromatic heterocycles. The van der Waals surface area contributed by atoms with Crippen molar-refractivity contribution in [3.05, 3.63) is 40.3 Å². The molecule has 2 rings (SSSR count). The van der Waals surface area contributed by atoms with E-state index in [1.807, 2.05) is 14.0 Å². The quantitative estimate of drug-likeness (QED) is 0.649. The summed E-state index contributed by atoms with van der Waals surface area (Å²) >= 11 is 0. The van der Waals surface area contributed by atoms with E-state index in [2.05, 4.69) is 22.4 Å². The van der Waals surface area contributed by atoms with E-state index < -0.39 is 4.92 Å². The van der Waals surface area contributed by atoms with Crippen LogP contribution >= 0.6 is 0 Å². The first-order valence-corrected chi connectivity index (χ1v) is 6.82. The smallest absolute Gasteiger partial charge is 0.269 e. The highest BCUT2D eigenvalue weighted by Crippen LogP contribution is 2.24. The lowest BCUT2D eigenvalue weighted by atomic mass is 10.00. The van der Waals surface area contributed by atoms with Crippen molar-refractivity contribution in [2.24, 2.45) is 0 Å².